The molecule has 17 heavy (non-hydrogen) atoms. The van der Waals surface area contributed by atoms with E-state index in [0.29, 0.717) is 6.54 Å². The lowest BCUT2D eigenvalue weighted by atomic mass is 10.3. The first-order valence-electron chi connectivity index (χ1n) is 5.15. The van der Waals surface area contributed by atoms with Crippen LogP contribution in [0, 0.1) is 0 Å². The molecule has 0 fully saturated rings. The van der Waals surface area contributed by atoms with Crippen molar-refractivity contribution in [2.45, 2.75) is 6.54 Å². The van der Waals surface area contributed by atoms with Crippen molar-refractivity contribution in [2.24, 2.45) is 0 Å². The van der Waals surface area contributed by atoms with Crippen molar-refractivity contribution < 1.29 is 14.6 Å². The van der Waals surface area contributed by atoms with Crippen molar-refractivity contribution in [3.8, 4) is 0 Å². The summed E-state index contributed by atoms with van der Waals surface area (Å²) in [6.07, 6.45) is -0.543. The number of aliphatic hydroxyl groups is 1. The number of nitrogens with one attached hydrogen (secondary N) is 1. The number of carbonyl (C=O) groups excluding carboxylic acids is 1. The molecule has 0 spiro atoms. The van der Waals surface area contributed by atoms with Crippen LogP contribution in [0.5, 0.6) is 0 Å². The summed E-state index contributed by atoms with van der Waals surface area (Å²) < 4.78 is 5.75. The number of alkyl carbamates (subject to hydrolysis) is 1. The minimum atomic E-state index is -0.543. The number of fused-ring (bicyclic) bond motifs is 1. The highest BCUT2D eigenvalue weighted by atomic mass is 32.1. The lowest BCUT2D eigenvalue weighted by Gasteiger charge is -2.03. The molecule has 5 nitrogen and oxygen atoms in total. The molecule has 2 aromatic rings. The third-order valence-electron chi connectivity index (χ3n) is 2.05. The van der Waals surface area contributed by atoms with E-state index in [1.165, 1.54) is 11.3 Å². The fraction of sp³-hybridized carbons (Fsp3) is 0.273. The van der Waals surface area contributed by atoms with Gasteiger partial charge in [0.25, 0.3) is 0 Å². The second-order valence-electron chi connectivity index (χ2n) is 3.29. The van der Waals surface area contributed by atoms with Crippen molar-refractivity contribution in [1.29, 1.82) is 0 Å². The summed E-state index contributed by atoms with van der Waals surface area (Å²) in [5.41, 5.74) is 0.929. The van der Waals surface area contributed by atoms with Crippen molar-refractivity contribution in [3.63, 3.8) is 0 Å². The van der Waals surface area contributed by atoms with E-state index in [-0.39, 0.29) is 13.2 Å². The molecule has 0 aliphatic carbocycles. The van der Waals surface area contributed by atoms with Crippen LogP contribution in [-0.2, 0) is 11.3 Å². The molecule has 2 N–H and O–H groups in total. The highest BCUT2D eigenvalue weighted by molar-refractivity contribution is 7.18. The number of rotatable bonds is 4. The van der Waals surface area contributed by atoms with Gasteiger partial charge in [0.05, 0.1) is 23.4 Å². The first-order chi connectivity index (χ1) is 8.29. The molecule has 1 aromatic heterocycles. The van der Waals surface area contributed by atoms with Crippen molar-refractivity contribution >= 4 is 27.6 Å². The summed E-state index contributed by atoms with van der Waals surface area (Å²) in [6, 6.07) is 7.79. The lowest BCUT2D eigenvalue weighted by molar-refractivity contribution is 0.119. The van der Waals surface area contributed by atoms with E-state index in [2.05, 4.69) is 15.0 Å². The van der Waals surface area contributed by atoms with Gasteiger partial charge in [-0.1, -0.05) is 12.1 Å². The smallest absolute Gasteiger partial charge is 0.407 e. The fourth-order valence-electron chi connectivity index (χ4n) is 1.33. The van der Waals surface area contributed by atoms with E-state index in [1.54, 1.807) is 0 Å². The number of aromatic nitrogens is 1. The number of nitrogens with zero attached hydrogens (tertiary/aromatic N) is 1. The summed E-state index contributed by atoms with van der Waals surface area (Å²) in [5.74, 6) is 0. The van der Waals surface area contributed by atoms with Crippen LogP contribution in [0.25, 0.3) is 10.2 Å². The van der Waals surface area contributed by atoms with Gasteiger partial charge in [0.15, 0.2) is 0 Å². The zero-order chi connectivity index (χ0) is 12.1. The fourth-order valence-corrected chi connectivity index (χ4v) is 2.24. The molecule has 0 saturated heterocycles. The summed E-state index contributed by atoms with van der Waals surface area (Å²) in [4.78, 5) is 15.5. The van der Waals surface area contributed by atoms with Gasteiger partial charge < -0.3 is 15.2 Å². The summed E-state index contributed by atoms with van der Waals surface area (Å²) in [5, 5.41) is 11.9. The molecule has 0 unspecified atom stereocenters. The van der Waals surface area contributed by atoms with Crippen molar-refractivity contribution in [2.75, 3.05) is 13.2 Å². The molecule has 0 atom stereocenters. The highest BCUT2D eigenvalue weighted by Crippen LogP contribution is 2.21. The Balaban J connectivity index is 1.92. The largest absolute Gasteiger partial charge is 0.447 e. The van der Waals surface area contributed by atoms with E-state index in [9.17, 15) is 4.79 Å². The van der Waals surface area contributed by atoms with Gasteiger partial charge in [-0.25, -0.2) is 9.78 Å². The molecule has 0 saturated carbocycles. The van der Waals surface area contributed by atoms with Gasteiger partial charge in [-0.3, -0.25) is 0 Å². The second kappa shape index (κ2) is 5.60. The number of ether oxygens (including phenoxy) is 1. The quantitative estimate of drug-likeness (QED) is 0.865. The number of amides is 1. The predicted octanol–water partition coefficient (Wildman–Crippen LogP) is 1.51. The maximum Gasteiger partial charge on any atom is 0.407 e. The van der Waals surface area contributed by atoms with Crippen molar-refractivity contribution in [1.82, 2.24) is 10.3 Å². The Morgan fingerprint density at radius 1 is 1.47 bits per heavy atom. The predicted molar refractivity (Wildman–Crippen MR) is 64.9 cm³/mol. The molecular weight excluding hydrogens is 240 g/mol. The molecule has 0 bridgehead atoms. The molecule has 2 rings (SSSR count). The normalized spacial score (nSPS) is 10.4. The third kappa shape index (κ3) is 3.15. The van der Waals surface area contributed by atoms with E-state index < -0.39 is 6.09 Å². The molecule has 1 amide bonds. The number of thiazole rings is 1. The molecule has 6 heteroatoms. The monoisotopic (exact) mass is 252 g/mol. The Bertz CT molecular complexity index is 479. The van der Waals surface area contributed by atoms with Crippen LogP contribution >= 0.6 is 11.3 Å². The van der Waals surface area contributed by atoms with Gasteiger partial charge in [-0.2, -0.15) is 0 Å². The Morgan fingerprint density at radius 2 is 2.29 bits per heavy atom. The number of para-hydroxylation sites is 1. The SMILES string of the molecule is O=C(NCc1nc2ccccc2s1)OCCO. The van der Waals surface area contributed by atoms with Crippen LogP contribution in [-0.4, -0.2) is 29.4 Å². The third-order valence-corrected chi connectivity index (χ3v) is 3.08. The summed E-state index contributed by atoms with van der Waals surface area (Å²) in [7, 11) is 0. The average Bonchev–Trinajstić information content (AvgIpc) is 2.76. The van der Waals surface area contributed by atoms with Gasteiger partial charge in [0.2, 0.25) is 0 Å². The Morgan fingerprint density at radius 3 is 3.06 bits per heavy atom. The van der Waals surface area contributed by atoms with Gasteiger partial charge in [0, 0.05) is 0 Å². The van der Waals surface area contributed by atoms with Crippen LogP contribution in [0.15, 0.2) is 24.3 Å². The van der Waals surface area contributed by atoms with E-state index in [0.717, 1.165) is 15.2 Å². The Kier molecular flexibility index (Phi) is 3.89. The first-order valence-corrected chi connectivity index (χ1v) is 5.97. The summed E-state index contributed by atoms with van der Waals surface area (Å²) in [6.45, 7) is 0.170. The van der Waals surface area contributed by atoms with Gasteiger partial charge in [-0.15, -0.1) is 11.3 Å². The van der Waals surface area contributed by atoms with Crippen molar-refractivity contribution in [3.05, 3.63) is 29.3 Å². The van der Waals surface area contributed by atoms with Crippen LogP contribution in [0.1, 0.15) is 5.01 Å². The number of carbonyl (C=O) groups is 1. The molecule has 90 valence electrons. The first kappa shape index (κ1) is 11.8. The average molecular weight is 252 g/mol. The zero-order valence-electron chi connectivity index (χ0n) is 9.05. The van der Waals surface area contributed by atoms with E-state index in [1.807, 2.05) is 24.3 Å². The number of hydrogen-bond donors (Lipinski definition) is 2. The highest BCUT2D eigenvalue weighted by Gasteiger charge is 2.05. The van der Waals surface area contributed by atoms with Crippen LogP contribution < -0.4 is 5.32 Å². The zero-order valence-corrected chi connectivity index (χ0v) is 9.87. The molecule has 0 aliphatic rings. The minimum absolute atomic E-state index is 0.00563. The lowest BCUT2D eigenvalue weighted by Crippen LogP contribution is -2.24. The van der Waals surface area contributed by atoms with Gasteiger partial charge >= 0.3 is 6.09 Å². The second-order valence-corrected chi connectivity index (χ2v) is 4.40. The maximum atomic E-state index is 11.1. The Labute approximate surface area is 102 Å². The van der Waals surface area contributed by atoms with Gasteiger partial charge in [0.1, 0.15) is 11.6 Å². The molecule has 1 heterocycles. The number of aliphatic hydroxyl groups excluding tert-OH is 1. The number of hydrogen-bond acceptors (Lipinski definition) is 5. The standard InChI is InChI=1S/C11H12N2O3S/c14-5-6-16-11(15)12-7-10-13-8-3-1-2-4-9(8)17-10/h1-4,14H,5-7H2,(H,12,15). The van der Waals surface area contributed by atoms with Crippen LogP contribution in [0.4, 0.5) is 4.79 Å². The van der Waals surface area contributed by atoms with E-state index in [4.69, 9.17) is 5.11 Å². The number of benzene rings is 1. The molecule has 1 aromatic carbocycles. The maximum absolute atomic E-state index is 11.1. The minimum Gasteiger partial charge on any atom is -0.447 e. The molecule has 0 aliphatic heterocycles. The van der Waals surface area contributed by atoms with Crippen LogP contribution in [0.2, 0.25) is 0 Å². The molecule has 0 radical (unpaired) electrons. The Hall–Kier alpha value is -1.66. The van der Waals surface area contributed by atoms with Gasteiger partial charge in [-0.05, 0) is 12.1 Å². The van der Waals surface area contributed by atoms with E-state index >= 15 is 0 Å². The molecular formula is C11H12N2O3S. The summed E-state index contributed by atoms with van der Waals surface area (Å²) >= 11 is 1.53. The topological polar surface area (TPSA) is 71.5 Å². The van der Waals surface area contributed by atoms with Crippen LogP contribution in [0.3, 0.4) is 0 Å².